The summed E-state index contributed by atoms with van der Waals surface area (Å²) in [6, 6.07) is 16.7. The second-order valence-corrected chi connectivity index (χ2v) is 5.71. The topological polar surface area (TPSA) is 24.9 Å². The van der Waals surface area contributed by atoms with E-state index >= 15 is 0 Å². The summed E-state index contributed by atoms with van der Waals surface area (Å²) in [6.07, 6.45) is 0. The molecule has 20 heavy (non-hydrogen) atoms. The fourth-order valence-electron chi connectivity index (χ4n) is 2.10. The Morgan fingerprint density at radius 3 is 2.65 bits per heavy atom. The smallest absolute Gasteiger partial charge is 0.187 e. The maximum absolute atomic E-state index is 4.67. The molecule has 1 N–H and O–H groups in total. The van der Waals surface area contributed by atoms with Crippen LogP contribution in [-0.4, -0.2) is 4.98 Å². The second kappa shape index (κ2) is 5.47. The molecule has 0 bridgehead atoms. The molecule has 0 saturated carbocycles. The van der Waals surface area contributed by atoms with Crippen LogP contribution < -0.4 is 5.32 Å². The molecule has 0 aliphatic heterocycles. The zero-order valence-corrected chi connectivity index (χ0v) is 12.4. The van der Waals surface area contributed by atoms with Crippen molar-refractivity contribution < 1.29 is 0 Å². The van der Waals surface area contributed by atoms with Gasteiger partial charge in [0.2, 0.25) is 0 Å². The Morgan fingerprint density at radius 1 is 1.00 bits per heavy atom. The highest BCUT2D eigenvalue weighted by Crippen LogP contribution is 2.28. The van der Waals surface area contributed by atoms with Crippen LogP contribution in [0, 0.1) is 13.8 Å². The lowest BCUT2D eigenvalue weighted by Gasteiger charge is -2.05. The number of aromatic nitrogens is 1. The van der Waals surface area contributed by atoms with E-state index in [1.165, 1.54) is 16.7 Å². The zero-order valence-electron chi connectivity index (χ0n) is 11.6. The van der Waals surface area contributed by atoms with Gasteiger partial charge in [-0.25, -0.2) is 4.98 Å². The Hall–Kier alpha value is -2.13. The lowest BCUT2D eigenvalue weighted by molar-refractivity contribution is 1.35. The van der Waals surface area contributed by atoms with Gasteiger partial charge >= 0.3 is 0 Å². The number of nitrogens with zero attached hydrogens (tertiary/aromatic N) is 1. The van der Waals surface area contributed by atoms with E-state index in [1.54, 1.807) is 11.3 Å². The number of hydrogen-bond acceptors (Lipinski definition) is 3. The van der Waals surface area contributed by atoms with Crippen LogP contribution in [0.3, 0.4) is 0 Å². The third kappa shape index (κ3) is 2.73. The Kier molecular flexibility index (Phi) is 3.52. The molecule has 3 heteroatoms. The van der Waals surface area contributed by atoms with Gasteiger partial charge in [0, 0.05) is 16.6 Å². The van der Waals surface area contributed by atoms with E-state index in [9.17, 15) is 0 Å². The van der Waals surface area contributed by atoms with Gasteiger partial charge in [-0.2, -0.15) is 0 Å². The van der Waals surface area contributed by atoms with E-state index in [0.29, 0.717) is 0 Å². The molecule has 0 amide bonds. The highest BCUT2D eigenvalue weighted by atomic mass is 32.1. The molecule has 0 radical (unpaired) electrons. The highest BCUT2D eigenvalue weighted by Gasteiger charge is 2.05. The molecular weight excluding hydrogens is 264 g/mol. The van der Waals surface area contributed by atoms with Gasteiger partial charge in [0.15, 0.2) is 5.13 Å². The Bertz CT molecular complexity index is 731. The third-order valence-corrected chi connectivity index (χ3v) is 3.96. The molecule has 0 atom stereocenters. The first-order valence-electron chi connectivity index (χ1n) is 6.57. The van der Waals surface area contributed by atoms with Gasteiger partial charge < -0.3 is 5.32 Å². The van der Waals surface area contributed by atoms with Crippen LogP contribution >= 0.6 is 11.3 Å². The summed E-state index contributed by atoms with van der Waals surface area (Å²) >= 11 is 1.63. The molecule has 2 aromatic carbocycles. The number of hydrogen-bond donors (Lipinski definition) is 1. The fourth-order valence-corrected chi connectivity index (χ4v) is 2.83. The number of para-hydroxylation sites is 1. The lowest BCUT2D eigenvalue weighted by Crippen LogP contribution is -1.92. The van der Waals surface area contributed by atoms with Gasteiger partial charge in [-0.15, -0.1) is 11.3 Å². The average molecular weight is 280 g/mol. The summed E-state index contributed by atoms with van der Waals surface area (Å²) in [7, 11) is 0. The van der Waals surface area contributed by atoms with Gasteiger partial charge in [-0.3, -0.25) is 0 Å². The standard InChI is InChI=1S/C17H16N2S/c1-12-6-5-8-14(10-12)16-11-20-17(19-16)18-15-9-4-3-7-13(15)2/h3-11H,1-2H3,(H,18,19). The minimum absolute atomic E-state index is 0.927. The normalized spacial score (nSPS) is 10.5. The molecule has 3 rings (SSSR count). The van der Waals surface area contributed by atoms with Crippen molar-refractivity contribution in [2.24, 2.45) is 0 Å². The average Bonchev–Trinajstić information content (AvgIpc) is 2.90. The maximum atomic E-state index is 4.67. The number of rotatable bonds is 3. The lowest BCUT2D eigenvalue weighted by atomic mass is 10.1. The van der Waals surface area contributed by atoms with Gasteiger partial charge in [0.25, 0.3) is 0 Å². The first kappa shape index (κ1) is 12.9. The van der Waals surface area contributed by atoms with Crippen molar-refractivity contribution in [2.75, 3.05) is 5.32 Å². The number of thiazole rings is 1. The van der Waals surface area contributed by atoms with Crippen molar-refractivity contribution in [3.8, 4) is 11.3 Å². The fraction of sp³-hybridized carbons (Fsp3) is 0.118. The molecule has 1 aromatic heterocycles. The van der Waals surface area contributed by atoms with Crippen molar-refractivity contribution in [1.29, 1.82) is 0 Å². The predicted octanol–water partition coefficient (Wildman–Crippen LogP) is 5.17. The minimum atomic E-state index is 0.927. The van der Waals surface area contributed by atoms with Crippen LogP contribution in [-0.2, 0) is 0 Å². The molecule has 0 spiro atoms. The summed E-state index contributed by atoms with van der Waals surface area (Å²) in [5.74, 6) is 0. The molecule has 3 aromatic rings. The molecule has 2 nitrogen and oxygen atoms in total. The van der Waals surface area contributed by atoms with Crippen LogP contribution in [0.15, 0.2) is 53.9 Å². The summed E-state index contributed by atoms with van der Waals surface area (Å²) in [5, 5.41) is 6.40. The molecule has 1 heterocycles. The Labute approximate surface area is 123 Å². The summed E-state index contributed by atoms with van der Waals surface area (Å²) < 4.78 is 0. The molecule has 0 aliphatic carbocycles. The second-order valence-electron chi connectivity index (χ2n) is 4.85. The summed E-state index contributed by atoms with van der Waals surface area (Å²) in [6.45, 7) is 4.19. The van der Waals surface area contributed by atoms with Crippen molar-refractivity contribution in [3.05, 3.63) is 65.0 Å². The predicted molar refractivity (Wildman–Crippen MR) is 86.7 cm³/mol. The first-order chi connectivity index (χ1) is 9.72. The number of aryl methyl sites for hydroxylation is 2. The summed E-state index contributed by atoms with van der Waals surface area (Å²) in [5.41, 5.74) is 5.77. The van der Waals surface area contributed by atoms with Crippen molar-refractivity contribution in [1.82, 2.24) is 4.98 Å². The Morgan fingerprint density at radius 2 is 1.85 bits per heavy atom. The van der Waals surface area contributed by atoms with Crippen molar-refractivity contribution in [3.63, 3.8) is 0 Å². The van der Waals surface area contributed by atoms with Gasteiger partial charge in [0.05, 0.1) is 5.69 Å². The van der Waals surface area contributed by atoms with E-state index in [0.717, 1.165) is 16.5 Å². The first-order valence-corrected chi connectivity index (χ1v) is 7.45. The van der Waals surface area contributed by atoms with E-state index < -0.39 is 0 Å². The minimum Gasteiger partial charge on any atom is -0.331 e. The molecular formula is C17H16N2S. The van der Waals surface area contributed by atoms with Gasteiger partial charge in [-0.05, 0) is 31.5 Å². The van der Waals surface area contributed by atoms with Crippen molar-refractivity contribution >= 4 is 22.2 Å². The van der Waals surface area contributed by atoms with Crippen LogP contribution in [0.2, 0.25) is 0 Å². The number of benzene rings is 2. The van der Waals surface area contributed by atoms with E-state index in [2.05, 4.69) is 65.9 Å². The van der Waals surface area contributed by atoms with Crippen molar-refractivity contribution in [2.45, 2.75) is 13.8 Å². The van der Waals surface area contributed by atoms with Gasteiger partial charge in [0.1, 0.15) is 0 Å². The Balaban J connectivity index is 1.86. The van der Waals surface area contributed by atoms with E-state index in [4.69, 9.17) is 0 Å². The van der Waals surface area contributed by atoms with Crippen LogP contribution in [0.4, 0.5) is 10.8 Å². The molecule has 100 valence electrons. The monoisotopic (exact) mass is 280 g/mol. The maximum Gasteiger partial charge on any atom is 0.187 e. The highest BCUT2D eigenvalue weighted by molar-refractivity contribution is 7.14. The molecule has 0 fully saturated rings. The molecule has 0 saturated heterocycles. The van der Waals surface area contributed by atoms with Crippen LogP contribution in [0.1, 0.15) is 11.1 Å². The number of nitrogens with one attached hydrogen (secondary N) is 1. The van der Waals surface area contributed by atoms with Crippen LogP contribution in [0.5, 0.6) is 0 Å². The number of anilines is 2. The van der Waals surface area contributed by atoms with Gasteiger partial charge in [-0.1, -0.05) is 42.0 Å². The zero-order chi connectivity index (χ0) is 13.9. The quantitative estimate of drug-likeness (QED) is 0.716. The SMILES string of the molecule is Cc1cccc(-c2csc(Nc3ccccc3C)n2)c1. The molecule has 0 unspecified atom stereocenters. The van der Waals surface area contributed by atoms with Crippen LogP contribution in [0.25, 0.3) is 11.3 Å². The largest absolute Gasteiger partial charge is 0.331 e. The molecule has 0 aliphatic rings. The third-order valence-electron chi connectivity index (χ3n) is 3.20. The van der Waals surface area contributed by atoms with E-state index in [-0.39, 0.29) is 0 Å². The van der Waals surface area contributed by atoms with E-state index in [1.807, 2.05) is 12.1 Å². The summed E-state index contributed by atoms with van der Waals surface area (Å²) in [4.78, 5) is 4.67.